The molecule has 7 nitrogen and oxygen atoms in total. The molecule has 3 aromatic rings. The van der Waals surface area contributed by atoms with E-state index in [9.17, 15) is 4.79 Å². The molecule has 0 saturated carbocycles. The number of thiazole rings is 1. The van der Waals surface area contributed by atoms with Gasteiger partial charge >= 0.3 is 0 Å². The molecule has 0 saturated heterocycles. The molecule has 0 aliphatic carbocycles. The van der Waals surface area contributed by atoms with E-state index in [-0.39, 0.29) is 11.8 Å². The largest absolute Gasteiger partial charge is 0.325 e. The Labute approximate surface area is 143 Å². The first kappa shape index (κ1) is 16.3. The van der Waals surface area contributed by atoms with Crippen LogP contribution in [-0.4, -0.2) is 26.1 Å². The zero-order chi connectivity index (χ0) is 17.1. The number of rotatable bonds is 5. The average Bonchev–Trinajstić information content (AvgIpc) is 3.25. The molecule has 1 aromatic carbocycles. The number of aromatic amines is 1. The third-order valence-corrected chi connectivity index (χ3v) is 4.30. The molecule has 0 aliphatic rings. The third kappa shape index (κ3) is 3.34. The van der Waals surface area contributed by atoms with E-state index in [0.717, 1.165) is 16.4 Å². The highest BCUT2D eigenvalue weighted by Gasteiger charge is 2.16. The number of para-hydroxylation sites is 1. The topological polar surface area (TPSA) is 110 Å². The molecule has 1 amide bonds. The first-order valence-electron chi connectivity index (χ1n) is 7.56. The number of aromatic nitrogens is 4. The fourth-order valence-electron chi connectivity index (χ4n) is 2.14. The van der Waals surface area contributed by atoms with Crippen LogP contribution in [0.25, 0.3) is 11.4 Å². The summed E-state index contributed by atoms with van der Waals surface area (Å²) in [5.74, 6) is 1.32. The summed E-state index contributed by atoms with van der Waals surface area (Å²) in [5.41, 5.74) is 7.28. The van der Waals surface area contributed by atoms with Crippen LogP contribution < -0.4 is 11.1 Å². The molecule has 0 atom stereocenters. The molecule has 2 heterocycles. The van der Waals surface area contributed by atoms with Crippen molar-refractivity contribution >= 4 is 22.9 Å². The number of nitrogens with one attached hydrogen (secondary N) is 2. The van der Waals surface area contributed by atoms with Gasteiger partial charge in [-0.1, -0.05) is 26.0 Å². The van der Waals surface area contributed by atoms with Crippen molar-refractivity contribution in [3.8, 4) is 11.4 Å². The van der Waals surface area contributed by atoms with Gasteiger partial charge in [0.25, 0.3) is 5.91 Å². The first-order valence-corrected chi connectivity index (χ1v) is 8.44. The fourth-order valence-corrected chi connectivity index (χ4v) is 2.79. The van der Waals surface area contributed by atoms with Gasteiger partial charge in [0, 0.05) is 23.4 Å². The van der Waals surface area contributed by atoms with Crippen LogP contribution in [0, 0.1) is 0 Å². The van der Waals surface area contributed by atoms with Crippen LogP contribution in [0.15, 0.2) is 29.6 Å². The van der Waals surface area contributed by atoms with E-state index in [1.807, 2.05) is 38.1 Å². The Morgan fingerprint density at radius 2 is 2.12 bits per heavy atom. The molecule has 0 spiro atoms. The van der Waals surface area contributed by atoms with Gasteiger partial charge in [0.1, 0.15) is 16.5 Å². The van der Waals surface area contributed by atoms with Crippen LogP contribution in [0.1, 0.15) is 41.1 Å². The number of carbonyl (C=O) groups is 1. The Morgan fingerprint density at radius 3 is 2.79 bits per heavy atom. The van der Waals surface area contributed by atoms with Crippen LogP contribution in [0.5, 0.6) is 0 Å². The molecule has 3 rings (SSSR count). The summed E-state index contributed by atoms with van der Waals surface area (Å²) in [5, 5.41) is 12.5. The second-order valence-electron chi connectivity index (χ2n) is 5.53. The van der Waals surface area contributed by atoms with Gasteiger partial charge in [-0.15, -0.1) is 11.3 Å². The molecule has 124 valence electrons. The fraction of sp³-hybridized carbons (Fsp3) is 0.250. The minimum absolute atomic E-state index is 0.248. The van der Waals surface area contributed by atoms with E-state index in [4.69, 9.17) is 5.73 Å². The highest BCUT2D eigenvalue weighted by molar-refractivity contribution is 7.09. The van der Waals surface area contributed by atoms with E-state index in [1.165, 1.54) is 11.3 Å². The van der Waals surface area contributed by atoms with E-state index in [2.05, 4.69) is 25.5 Å². The Hall–Kier alpha value is -2.58. The molecule has 8 heteroatoms. The quantitative estimate of drug-likeness (QED) is 0.660. The second kappa shape index (κ2) is 6.90. The Balaban J connectivity index is 1.87. The predicted octanol–water partition coefficient (Wildman–Crippen LogP) is 2.76. The molecule has 0 radical (unpaired) electrons. The standard InChI is InChI=1S/C16H18N6OS/c1-9(2)14-20-15(22-21-14)10-5-3-4-6-11(10)19-16(23)12-8-24-13(7-17)18-12/h3-6,8-9H,7,17H2,1-2H3,(H,19,23)(H,20,21,22). The predicted molar refractivity (Wildman–Crippen MR) is 93.9 cm³/mol. The van der Waals surface area contributed by atoms with Gasteiger partial charge in [-0.2, -0.15) is 5.10 Å². The van der Waals surface area contributed by atoms with Crippen LogP contribution in [-0.2, 0) is 6.54 Å². The number of nitrogens with zero attached hydrogens (tertiary/aromatic N) is 3. The summed E-state index contributed by atoms with van der Waals surface area (Å²) < 4.78 is 0. The molecule has 4 N–H and O–H groups in total. The molecule has 0 unspecified atom stereocenters. The molecule has 0 fully saturated rings. The van der Waals surface area contributed by atoms with E-state index >= 15 is 0 Å². The number of amides is 1. The van der Waals surface area contributed by atoms with Crippen LogP contribution in [0.4, 0.5) is 5.69 Å². The smallest absolute Gasteiger partial charge is 0.275 e. The Bertz CT molecular complexity index is 854. The Kier molecular flexibility index (Phi) is 4.68. The lowest BCUT2D eigenvalue weighted by atomic mass is 10.1. The van der Waals surface area contributed by atoms with Crippen molar-refractivity contribution < 1.29 is 4.79 Å². The summed E-state index contributed by atoms with van der Waals surface area (Å²) in [6.45, 7) is 4.40. The minimum atomic E-state index is -0.280. The first-order chi connectivity index (χ1) is 11.6. The highest BCUT2D eigenvalue weighted by Crippen LogP contribution is 2.26. The normalized spacial score (nSPS) is 11.0. The molecule has 0 aliphatic heterocycles. The van der Waals surface area contributed by atoms with Crippen LogP contribution >= 0.6 is 11.3 Å². The lowest BCUT2D eigenvalue weighted by Gasteiger charge is -2.07. The second-order valence-corrected chi connectivity index (χ2v) is 6.47. The van der Waals surface area contributed by atoms with Gasteiger partial charge in [0.05, 0.1) is 5.69 Å². The summed E-state index contributed by atoms with van der Waals surface area (Å²) >= 11 is 1.37. The number of anilines is 1. The number of hydrogen-bond acceptors (Lipinski definition) is 6. The van der Waals surface area contributed by atoms with Crippen LogP contribution in [0.3, 0.4) is 0 Å². The molecule has 0 bridgehead atoms. The lowest BCUT2D eigenvalue weighted by Crippen LogP contribution is -2.13. The van der Waals surface area contributed by atoms with E-state index < -0.39 is 0 Å². The maximum atomic E-state index is 12.4. The van der Waals surface area contributed by atoms with Crippen LogP contribution in [0.2, 0.25) is 0 Å². The average molecular weight is 342 g/mol. The van der Waals surface area contributed by atoms with Crippen molar-refractivity contribution in [1.82, 2.24) is 20.2 Å². The van der Waals surface area contributed by atoms with Gasteiger partial charge < -0.3 is 11.1 Å². The molecule has 24 heavy (non-hydrogen) atoms. The number of H-pyrrole nitrogens is 1. The summed E-state index contributed by atoms with van der Waals surface area (Å²) in [7, 11) is 0. The summed E-state index contributed by atoms with van der Waals surface area (Å²) in [4.78, 5) is 21.1. The molecular formula is C16H18N6OS. The summed E-state index contributed by atoms with van der Waals surface area (Å²) in [6.07, 6.45) is 0. The maximum absolute atomic E-state index is 12.4. The number of carbonyl (C=O) groups excluding carboxylic acids is 1. The maximum Gasteiger partial charge on any atom is 0.275 e. The monoisotopic (exact) mass is 342 g/mol. The SMILES string of the molecule is CC(C)c1nc(-c2ccccc2NC(=O)c2csc(CN)n2)n[nH]1. The number of hydrogen-bond donors (Lipinski definition) is 3. The van der Waals surface area contributed by atoms with E-state index in [1.54, 1.807) is 5.38 Å². The van der Waals surface area contributed by atoms with Gasteiger partial charge in [-0.25, -0.2) is 9.97 Å². The van der Waals surface area contributed by atoms with Crippen molar-refractivity contribution in [1.29, 1.82) is 0 Å². The van der Waals surface area contributed by atoms with Gasteiger partial charge in [0.2, 0.25) is 0 Å². The molecule has 2 aromatic heterocycles. The van der Waals surface area contributed by atoms with Crippen molar-refractivity contribution in [3.63, 3.8) is 0 Å². The third-order valence-electron chi connectivity index (χ3n) is 3.42. The molecular weight excluding hydrogens is 324 g/mol. The minimum Gasteiger partial charge on any atom is -0.325 e. The highest BCUT2D eigenvalue weighted by atomic mass is 32.1. The van der Waals surface area contributed by atoms with Crippen molar-refractivity contribution in [2.45, 2.75) is 26.3 Å². The van der Waals surface area contributed by atoms with Crippen molar-refractivity contribution in [2.75, 3.05) is 5.32 Å². The number of nitrogens with two attached hydrogens (primary N) is 1. The van der Waals surface area contributed by atoms with Crippen molar-refractivity contribution in [3.05, 3.63) is 46.2 Å². The lowest BCUT2D eigenvalue weighted by molar-refractivity contribution is 0.102. The van der Waals surface area contributed by atoms with Gasteiger partial charge in [-0.05, 0) is 12.1 Å². The summed E-state index contributed by atoms with van der Waals surface area (Å²) in [6, 6.07) is 7.41. The number of benzene rings is 1. The van der Waals surface area contributed by atoms with Gasteiger partial charge in [0.15, 0.2) is 5.82 Å². The van der Waals surface area contributed by atoms with E-state index in [0.29, 0.717) is 23.8 Å². The zero-order valence-corrected chi connectivity index (χ0v) is 14.2. The van der Waals surface area contributed by atoms with Gasteiger partial charge in [-0.3, -0.25) is 9.89 Å². The van der Waals surface area contributed by atoms with Crippen molar-refractivity contribution in [2.24, 2.45) is 5.73 Å². The Morgan fingerprint density at radius 1 is 1.33 bits per heavy atom. The zero-order valence-electron chi connectivity index (χ0n) is 13.4.